The van der Waals surface area contributed by atoms with Crippen molar-refractivity contribution < 1.29 is 4.74 Å². The normalized spacial score (nSPS) is 36.5. The molecule has 2 rings (SSSR count). The molecular weight excluding hydrogens is 224 g/mol. The van der Waals surface area contributed by atoms with Crippen LogP contribution >= 0.6 is 0 Å². The van der Waals surface area contributed by atoms with E-state index in [2.05, 4.69) is 31.0 Å². The molecule has 2 fully saturated rings. The Kier molecular flexibility index (Phi) is 5.46. The summed E-state index contributed by atoms with van der Waals surface area (Å²) in [5, 5.41) is 3.86. The first kappa shape index (κ1) is 14.3. The molecule has 0 aromatic rings. The SMILES string of the molecule is CC1CCC(C)C(NC(C)CN2CCOCC2)C1. The number of rotatable bonds is 4. The minimum atomic E-state index is 0.598. The highest BCUT2D eigenvalue weighted by atomic mass is 16.5. The zero-order chi connectivity index (χ0) is 13.0. The van der Waals surface area contributed by atoms with Gasteiger partial charge < -0.3 is 10.1 Å². The fourth-order valence-corrected chi connectivity index (χ4v) is 3.35. The van der Waals surface area contributed by atoms with Crippen LogP contribution in [-0.4, -0.2) is 49.8 Å². The Bertz CT molecular complexity index is 241. The predicted molar refractivity (Wildman–Crippen MR) is 75.8 cm³/mol. The Balaban J connectivity index is 1.73. The first-order valence-corrected chi connectivity index (χ1v) is 7.71. The molecule has 0 aromatic heterocycles. The highest BCUT2D eigenvalue weighted by molar-refractivity contribution is 4.84. The van der Waals surface area contributed by atoms with Crippen molar-refractivity contribution in [2.24, 2.45) is 11.8 Å². The van der Waals surface area contributed by atoms with E-state index in [9.17, 15) is 0 Å². The zero-order valence-electron chi connectivity index (χ0n) is 12.3. The maximum atomic E-state index is 5.40. The molecule has 4 unspecified atom stereocenters. The summed E-state index contributed by atoms with van der Waals surface area (Å²) >= 11 is 0. The Morgan fingerprint density at radius 3 is 2.67 bits per heavy atom. The molecule has 3 heteroatoms. The van der Waals surface area contributed by atoms with Crippen molar-refractivity contribution in [3.05, 3.63) is 0 Å². The molecular formula is C15H30N2O. The molecule has 1 saturated carbocycles. The van der Waals surface area contributed by atoms with E-state index in [1.807, 2.05) is 0 Å². The second-order valence-electron chi connectivity index (χ2n) is 6.48. The molecule has 0 bridgehead atoms. The van der Waals surface area contributed by atoms with Crippen LogP contribution in [0.2, 0.25) is 0 Å². The molecule has 4 atom stereocenters. The lowest BCUT2D eigenvalue weighted by Crippen LogP contribution is -2.50. The van der Waals surface area contributed by atoms with Gasteiger partial charge >= 0.3 is 0 Å². The first-order valence-electron chi connectivity index (χ1n) is 7.71. The molecule has 0 aromatic carbocycles. The third-order valence-electron chi connectivity index (χ3n) is 4.59. The summed E-state index contributed by atoms with van der Waals surface area (Å²) in [6, 6.07) is 1.32. The van der Waals surface area contributed by atoms with Crippen LogP contribution < -0.4 is 5.32 Å². The van der Waals surface area contributed by atoms with Gasteiger partial charge in [-0.3, -0.25) is 4.90 Å². The quantitative estimate of drug-likeness (QED) is 0.832. The monoisotopic (exact) mass is 254 g/mol. The number of nitrogens with one attached hydrogen (secondary N) is 1. The van der Waals surface area contributed by atoms with Gasteiger partial charge in [-0.1, -0.05) is 20.3 Å². The van der Waals surface area contributed by atoms with Crippen LogP contribution in [-0.2, 0) is 4.74 Å². The van der Waals surface area contributed by atoms with Crippen molar-refractivity contribution in [1.29, 1.82) is 0 Å². The van der Waals surface area contributed by atoms with Crippen LogP contribution in [0.25, 0.3) is 0 Å². The van der Waals surface area contributed by atoms with Gasteiger partial charge in [0, 0.05) is 31.7 Å². The number of ether oxygens (including phenoxy) is 1. The van der Waals surface area contributed by atoms with Gasteiger partial charge in [0.1, 0.15) is 0 Å². The standard InChI is InChI=1S/C15H30N2O/c1-12-4-5-13(2)15(10-12)16-14(3)11-17-6-8-18-9-7-17/h12-16H,4-11H2,1-3H3. The molecule has 2 aliphatic rings. The van der Waals surface area contributed by atoms with E-state index in [4.69, 9.17) is 4.74 Å². The minimum Gasteiger partial charge on any atom is -0.379 e. The topological polar surface area (TPSA) is 24.5 Å². The summed E-state index contributed by atoms with van der Waals surface area (Å²) in [4.78, 5) is 2.53. The van der Waals surface area contributed by atoms with E-state index >= 15 is 0 Å². The summed E-state index contributed by atoms with van der Waals surface area (Å²) < 4.78 is 5.40. The van der Waals surface area contributed by atoms with Crippen LogP contribution in [0, 0.1) is 11.8 Å². The summed E-state index contributed by atoms with van der Waals surface area (Å²) in [6.07, 6.45) is 4.16. The van der Waals surface area contributed by atoms with Gasteiger partial charge in [0.2, 0.25) is 0 Å². The predicted octanol–water partition coefficient (Wildman–Crippen LogP) is 2.12. The molecule has 3 nitrogen and oxygen atoms in total. The number of hydrogen-bond donors (Lipinski definition) is 1. The van der Waals surface area contributed by atoms with Crippen molar-refractivity contribution in [1.82, 2.24) is 10.2 Å². The fraction of sp³-hybridized carbons (Fsp3) is 1.00. The van der Waals surface area contributed by atoms with E-state index in [0.29, 0.717) is 6.04 Å². The summed E-state index contributed by atoms with van der Waals surface area (Å²) in [5.74, 6) is 1.74. The smallest absolute Gasteiger partial charge is 0.0594 e. The van der Waals surface area contributed by atoms with Crippen molar-refractivity contribution in [2.45, 2.75) is 52.1 Å². The maximum Gasteiger partial charge on any atom is 0.0594 e. The second kappa shape index (κ2) is 6.88. The summed E-state index contributed by atoms with van der Waals surface area (Å²) in [7, 11) is 0. The number of hydrogen-bond acceptors (Lipinski definition) is 3. The second-order valence-corrected chi connectivity index (χ2v) is 6.48. The van der Waals surface area contributed by atoms with Crippen molar-refractivity contribution in [2.75, 3.05) is 32.8 Å². The van der Waals surface area contributed by atoms with E-state index in [-0.39, 0.29) is 0 Å². The molecule has 0 amide bonds. The Labute approximate surface area is 112 Å². The molecule has 0 spiro atoms. The molecule has 1 aliphatic heterocycles. The van der Waals surface area contributed by atoms with Gasteiger partial charge in [-0.2, -0.15) is 0 Å². The average Bonchev–Trinajstić information content (AvgIpc) is 2.35. The maximum absolute atomic E-state index is 5.40. The Morgan fingerprint density at radius 1 is 1.22 bits per heavy atom. The van der Waals surface area contributed by atoms with Crippen molar-refractivity contribution in [3.63, 3.8) is 0 Å². The van der Waals surface area contributed by atoms with Crippen LogP contribution in [0.5, 0.6) is 0 Å². The molecule has 106 valence electrons. The van der Waals surface area contributed by atoms with Gasteiger partial charge in [-0.25, -0.2) is 0 Å². The average molecular weight is 254 g/mol. The highest BCUT2D eigenvalue weighted by Crippen LogP contribution is 2.28. The lowest BCUT2D eigenvalue weighted by atomic mass is 9.80. The van der Waals surface area contributed by atoms with Gasteiger partial charge in [0.05, 0.1) is 13.2 Å². The van der Waals surface area contributed by atoms with Gasteiger partial charge in [-0.05, 0) is 31.6 Å². The number of nitrogens with zero attached hydrogens (tertiary/aromatic N) is 1. The largest absolute Gasteiger partial charge is 0.379 e. The molecule has 1 heterocycles. The van der Waals surface area contributed by atoms with Crippen LogP contribution in [0.3, 0.4) is 0 Å². The van der Waals surface area contributed by atoms with E-state index < -0.39 is 0 Å². The molecule has 1 saturated heterocycles. The van der Waals surface area contributed by atoms with Gasteiger partial charge in [0.25, 0.3) is 0 Å². The first-order chi connectivity index (χ1) is 8.65. The van der Waals surface area contributed by atoms with E-state index in [0.717, 1.165) is 44.2 Å². The highest BCUT2D eigenvalue weighted by Gasteiger charge is 2.26. The zero-order valence-corrected chi connectivity index (χ0v) is 12.3. The summed E-state index contributed by atoms with van der Waals surface area (Å²) in [6.45, 7) is 12.3. The van der Waals surface area contributed by atoms with Crippen LogP contribution in [0.4, 0.5) is 0 Å². The lowest BCUT2D eigenvalue weighted by molar-refractivity contribution is 0.0328. The molecule has 1 aliphatic carbocycles. The van der Waals surface area contributed by atoms with E-state index in [1.165, 1.54) is 25.8 Å². The van der Waals surface area contributed by atoms with E-state index in [1.54, 1.807) is 0 Å². The van der Waals surface area contributed by atoms with Crippen LogP contribution in [0.15, 0.2) is 0 Å². The van der Waals surface area contributed by atoms with Crippen molar-refractivity contribution in [3.8, 4) is 0 Å². The summed E-state index contributed by atoms with van der Waals surface area (Å²) in [5.41, 5.74) is 0. The van der Waals surface area contributed by atoms with Crippen LogP contribution in [0.1, 0.15) is 40.0 Å². The third kappa shape index (κ3) is 4.22. The molecule has 1 N–H and O–H groups in total. The number of morpholine rings is 1. The molecule has 0 radical (unpaired) electrons. The third-order valence-corrected chi connectivity index (χ3v) is 4.59. The van der Waals surface area contributed by atoms with Crippen molar-refractivity contribution >= 4 is 0 Å². The molecule has 18 heavy (non-hydrogen) atoms. The Hall–Kier alpha value is -0.120. The minimum absolute atomic E-state index is 0.598. The fourth-order valence-electron chi connectivity index (χ4n) is 3.35. The van der Waals surface area contributed by atoms with Gasteiger partial charge in [0.15, 0.2) is 0 Å². The lowest BCUT2D eigenvalue weighted by Gasteiger charge is -2.37. The van der Waals surface area contributed by atoms with Gasteiger partial charge in [-0.15, -0.1) is 0 Å². The Morgan fingerprint density at radius 2 is 1.94 bits per heavy atom.